The van der Waals surface area contributed by atoms with Crippen LogP contribution in [0.4, 0.5) is 5.00 Å². The van der Waals surface area contributed by atoms with Gasteiger partial charge in [0.1, 0.15) is 10.8 Å². The number of aryl methyl sites for hydroxylation is 1. The van der Waals surface area contributed by atoms with Crippen molar-refractivity contribution in [2.24, 2.45) is 5.92 Å². The van der Waals surface area contributed by atoms with Gasteiger partial charge in [0, 0.05) is 10.8 Å². The number of carbonyl (C=O) groups excluding carboxylic acids is 2. The number of rotatable bonds is 6. The molecule has 0 radical (unpaired) electrons. The minimum atomic E-state index is -3.44. The Morgan fingerprint density at radius 1 is 1.26 bits per heavy atom. The molecule has 1 amide bonds. The first-order valence-corrected chi connectivity index (χ1v) is 10.5. The van der Waals surface area contributed by atoms with Crippen LogP contribution in [-0.4, -0.2) is 31.1 Å². The second-order valence-corrected chi connectivity index (χ2v) is 10.3. The average Bonchev–Trinajstić information content (AvgIpc) is 3.11. The average molecular weight is 355 g/mol. The number of hydrogen-bond donors (Lipinski definition) is 1. The molecule has 1 N–H and O–H groups in total. The van der Waals surface area contributed by atoms with E-state index in [2.05, 4.69) is 5.32 Å². The SMILES string of the molecule is CC(C)S(=O)(=O)CC(=O)Nc1sc2c(c1C(=O)C1CC1)CCC2. The third kappa shape index (κ3) is 3.35. The van der Waals surface area contributed by atoms with Gasteiger partial charge in [0.25, 0.3) is 0 Å². The standard InChI is InChI=1S/C16H21NO4S2/c1-9(2)23(20,21)8-13(18)17-16-14(15(19)10-6-7-10)11-4-3-5-12(11)22-16/h9-10H,3-8H2,1-2H3,(H,17,18). The van der Waals surface area contributed by atoms with Crippen LogP contribution in [0.25, 0.3) is 0 Å². The lowest BCUT2D eigenvalue weighted by molar-refractivity contribution is -0.113. The van der Waals surface area contributed by atoms with Gasteiger partial charge in [-0.05, 0) is 51.5 Å². The van der Waals surface area contributed by atoms with E-state index in [-0.39, 0.29) is 11.7 Å². The van der Waals surface area contributed by atoms with Gasteiger partial charge in [0.2, 0.25) is 5.91 Å². The summed E-state index contributed by atoms with van der Waals surface area (Å²) in [5, 5.41) is 2.66. The van der Waals surface area contributed by atoms with Gasteiger partial charge in [-0.15, -0.1) is 11.3 Å². The number of ketones is 1. The van der Waals surface area contributed by atoms with Crippen LogP contribution in [0.1, 0.15) is 53.9 Å². The Bertz CT molecular complexity index is 757. The normalized spacial score (nSPS) is 17.3. The number of sulfone groups is 1. The van der Waals surface area contributed by atoms with Crippen LogP contribution < -0.4 is 5.32 Å². The molecule has 0 unspecified atom stereocenters. The third-order valence-electron chi connectivity index (χ3n) is 4.42. The fourth-order valence-electron chi connectivity index (χ4n) is 2.81. The predicted octanol–water partition coefficient (Wildman–Crippen LogP) is 2.59. The lowest BCUT2D eigenvalue weighted by Gasteiger charge is -2.09. The van der Waals surface area contributed by atoms with Crippen molar-refractivity contribution in [1.82, 2.24) is 0 Å². The number of nitrogens with one attached hydrogen (secondary N) is 1. The molecule has 5 nitrogen and oxygen atoms in total. The van der Waals surface area contributed by atoms with Gasteiger partial charge in [-0.1, -0.05) is 0 Å². The molecule has 23 heavy (non-hydrogen) atoms. The molecular weight excluding hydrogens is 334 g/mol. The Morgan fingerprint density at radius 3 is 2.57 bits per heavy atom. The quantitative estimate of drug-likeness (QED) is 0.796. The molecule has 7 heteroatoms. The molecule has 1 saturated carbocycles. The third-order valence-corrected chi connectivity index (χ3v) is 7.73. The maximum absolute atomic E-state index is 12.6. The number of carbonyl (C=O) groups is 2. The first-order valence-electron chi connectivity index (χ1n) is 7.99. The highest BCUT2D eigenvalue weighted by molar-refractivity contribution is 7.92. The van der Waals surface area contributed by atoms with Crippen LogP contribution >= 0.6 is 11.3 Å². The van der Waals surface area contributed by atoms with Gasteiger partial charge < -0.3 is 5.32 Å². The molecular formula is C16H21NO4S2. The van der Waals surface area contributed by atoms with E-state index in [0.29, 0.717) is 10.6 Å². The number of Topliss-reactive ketones (excluding diaryl/α,β-unsaturated/α-hetero) is 1. The Kier molecular flexibility index (Phi) is 4.35. The van der Waals surface area contributed by atoms with Crippen molar-refractivity contribution in [1.29, 1.82) is 0 Å². The maximum atomic E-state index is 12.6. The zero-order valence-corrected chi connectivity index (χ0v) is 15.0. The number of thiophene rings is 1. The molecule has 0 bridgehead atoms. The summed E-state index contributed by atoms with van der Waals surface area (Å²) in [6, 6.07) is 0. The molecule has 1 fully saturated rings. The zero-order valence-electron chi connectivity index (χ0n) is 13.3. The second kappa shape index (κ2) is 6.02. The molecule has 2 aliphatic carbocycles. The first-order chi connectivity index (χ1) is 10.8. The molecule has 1 aromatic heterocycles. The van der Waals surface area contributed by atoms with Crippen molar-refractivity contribution in [3.05, 3.63) is 16.0 Å². The van der Waals surface area contributed by atoms with Crippen molar-refractivity contribution in [2.45, 2.75) is 51.2 Å². The molecule has 0 aliphatic heterocycles. The Labute approximate surface area is 140 Å². The zero-order chi connectivity index (χ0) is 16.8. The fraction of sp³-hybridized carbons (Fsp3) is 0.625. The Morgan fingerprint density at radius 2 is 1.96 bits per heavy atom. The van der Waals surface area contributed by atoms with Gasteiger partial charge in [-0.3, -0.25) is 9.59 Å². The van der Waals surface area contributed by atoms with E-state index in [0.717, 1.165) is 42.5 Å². The lowest BCUT2D eigenvalue weighted by atomic mass is 10.0. The van der Waals surface area contributed by atoms with Crippen LogP contribution in [0.5, 0.6) is 0 Å². The minimum Gasteiger partial charge on any atom is -0.316 e. The Hall–Kier alpha value is -1.21. The van der Waals surface area contributed by atoms with Crippen LogP contribution in [0, 0.1) is 5.92 Å². The molecule has 3 rings (SSSR count). The molecule has 2 aliphatic rings. The minimum absolute atomic E-state index is 0.0874. The van der Waals surface area contributed by atoms with Crippen molar-refractivity contribution in [3.63, 3.8) is 0 Å². The van der Waals surface area contributed by atoms with Crippen LogP contribution in [0.3, 0.4) is 0 Å². The van der Waals surface area contributed by atoms with Gasteiger partial charge in [-0.25, -0.2) is 8.42 Å². The molecule has 0 aromatic carbocycles. The highest BCUT2D eigenvalue weighted by Crippen LogP contribution is 2.43. The van der Waals surface area contributed by atoms with Gasteiger partial charge in [-0.2, -0.15) is 0 Å². The summed E-state index contributed by atoms with van der Waals surface area (Å²) in [6.07, 6.45) is 4.68. The number of fused-ring (bicyclic) bond motifs is 1. The molecule has 0 atom stereocenters. The van der Waals surface area contributed by atoms with E-state index in [9.17, 15) is 18.0 Å². The van der Waals surface area contributed by atoms with E-state index in [4.69, 9.17) is 0 Å². The lowest BCUT2D eigenvalue weighted by Crippen LogP contribution is -2.28. The van der Waals surface area contributed by atoms with Crippen LogP contribution in [-0.2, 0) is 27.5 Å². The smallest absolute Gasteiger partial charge is 0.240 e. The Balaban J connectivity index is 1.83. The number of hydrogen-bond acceptors (Lipinski definition) is 5. The highest BCUT2D eigenvalue weighted by Gasteiger charge is 2.36. The fourth-order valence-corrected chi connectivity index (χ4v) is 4.90. The van der Waals surface area contributed by atoms with Gasteiger partial charge in [0.15, 0.2) is 15.6 Å². The predicted molar refractivity (Wildman–Crippen MR) is 91.0 cm³/mol. The summed E-state index contributed by atoms with van der Waals surface area (Å²) in [6.45, 7) is 3.12. The van der Waals surface area contributed by atoms with Crippen molar-refractivity contribution >= 4 is 37.9 Å². The molecule has 0 spiro atoms. The summed E-state index contributed by atoms with van der Waals surface area (Å²) in [7, 11) is -3.44. The highest BCUT2D eigenvalue weighted by atomic mass is 32.2. The van der Waals surface area contributed by atoms with Crippen molar-refractivity contribution in [2.75, 3.05) is 11.1 Å². The summed E-state index contributed by atoms with van der Waals surface area (Å²) < 4.78 is 23.8. The maximum Gasteiger partial charge on any atom is 0.240 e. The van der Waals surface area contributed by atoms with Crippen molar-refractivity contribution < 1.29 is 18.0 Å². The van der Waals surface area contributed by atoms with E-state index >= 15 is 0 Å². The second-order valence-electron chi connectivity index (χ2n) is 6.60. The van der Waals surface area contributed by atoms with Gasteiger partial charge >= 0.3 is 0 Å². The summed E-state index contributed by atoms with van der Waals surface area (Å²) in [4.78, 5) is 25.8. The van der Waals surface area contributed by atoms with Crippen molar-refractivity contribution in [3.8, 4) is 0 Å². The largest absolute Gasteiger partial charge is 0.316 e. The van der Waals surface area contributed by atoms with Crippen LogP contribution in [0.15, 0.2) is 0 Å². The molecule has 126 valence electrons. The van der Waals surface area contributed by atoms with E-state index in [1.165, 1.54) is 11.3 Å². The summed E-state index contributed by atoms with van der Waals surface area (Å²) in [5.41, 5.74) is 1.73. The monoisotopic (exact) mass is 355 g/mol. The summed E-state index contributed by atoms with van der Waals surface area (Å²) >= 11 is 1.44. The van der Waals surface area contributed by atoms with E-state index < -0.39 is 26.7 Å². The summed E-state index contributed by atoms with van der Waals surface area (Å²) in [5.74, 6) is -0.885. The van der Waals surface area contributed by atoms with Gasteiger partial charge in [0.05, 0.1) is 10.8 Å². The van der Waals surface area contributed by atoms with E-state index in [1.54, 1.807) is 13.8 Å². The molecule has 0 saturated heterocycles. The van der Waals surface area contributed by atoms with Crippen LogP contribution in [0.2, 0.25) is 0 Å². The van der Waals surface area contributed by atoms with E-state index in [1.807, 2.05) is 0 Å². The first kappa shape index (κ1) is 16.6. The molecule has 1 aromatic rings. The number of amides is 1. The number of anilines is 1. The molecule has 1 heterocycles. The topological polar surface area (TPSA) is 80.3 Å².